The Labute approximate surface area is 97.4 Å². The van der Waals surface area contributed by atoms with Crippen LogP contribution in [0.15, 0.2) is 0 Å². The second-order valence-corrected chi connectivity index (χ2v) is 5.79. The third kappa shape index (κ3) is 7.02. The third-order valence-corrected chi connectivity index (χ3v) is 4.55. The van der Waals surface area contributed by atoms with E-state index in [0.29, 0.717) is 5.25 Å². The van der Waals surface area contributed by atoms with Crippen molar-refractivity contribution in [3.05, 3.63) is 0 Å². The van der Waals surface area contributed by atoms with Crippen LogP contribution in [0.3, 0.4) is 0 Å². The van der Waals surface area contributed by atoms with Crippen molar-refractivity contribution in [2.75, 3.05) is 17.8 Å². The molecule has 1 nitrogen and oxygen atoms in total. The molecule has 0 saturated carbocycles. The first-order valence-electron chi connectivity index (χ1n) is 5.54. The van der Waals surface area contributed by atoms with Crippen molar-refractivity contribution in [3.63, 3.8) is 0 Å². The van der Waals surface area contributed by atoms with Gasteiger partial charge in [0.2, 0.25) is 0 Å². The van der Waals surface area contributed by atoms with E-state index in [-0.39, 0.29) is 6.10 Å². The van der Waals surface area contributed by atoms with Crippen LogP contribution in [0.5, 0.6) is 0 Å². The molecular formula is C11H24OS2. The van der Waals surface area contributed by atoms with Gasteiger partial charge in [0.15, 0.2) is 0 Å². The SMILES string of the molecule is CCCCSC[C@H](O)[C@@H](CCC)SC. The van der Waals surface area contributed by atoms with Crippen LogP contribution in [-0.2, 0) is 0 Å². The summed E-state index contributed by atoms with van der Waals surface area (Å²) >= 11 is 3.70. The lowest BCUT2D eigenvalue weighted by molar-refractivity contribution is 0.192. The zero-order chi connectivity index (χ0) is 10.8. The Bertz CT molecular complexity index is 120. The summed E-state index contributed by atoms with van der Waals surface area (Å²) in [6.45, 7) is 4.39. The van der Waals surface area contributed by atoms with E-state index in [1.807, 2.05) is 11.8 Å². The molecule has 14 heavy (non-hydrogen) atoms. The molecular weight excluding hydrogens is 212 g/mol. The average Bonchev–Trinajstić information content (AvgIpc) is 2.20. The Morgan fingerprint density at radius 2 is 1.93 bits per heavy atom. The van der Waals surface area contributed by atoms with Crippen LogP contribution in [0.2, 0.25) is 0 Å². The highest BCUT2D eigenvalue weighted by molar-refractivity contribution is 8.00. The second kappa shape index (κ2) is 10.2. The highest BCUT2D eigenvalue weighted by atomic mass is 32.2. The van der Waals surface area contributed by atoms with Gasteiger partial charge < -0.3 is 5.11 Å². The summed E-state index contributed by atoms with van der Waals surface area (Å²) in [7, 11) is 0. The van der Waals surface area contributed by atoms with E-state index >= 15 is 0 Å². The minimum Gasteiger partial charge on any atom is -0.391 e. The van der Waals surface area contributed by atoms with Crippen LogP contribution >= 0.6 is 23.5 Å². The molecule has 2 atom stereocenters. The zero-order valence-corrected chi connectivity index (χ0v) is 11.3. The molecule has 0 unspecified atom stereocenters. The average molecular weight is 236 g/mol. The number of aliphatic hydroxyl groups is 1. The molecule has 0 radical (unpaired) electrons. The van der Waals surface area contributed by atoms with Crippen molar-refractivity contribution in [2.45, 2.75) is 50.9 Å². The first-order chi connectivity index (χ1) is 6.76. The first kappa shape index (κ1) is 14.7. The standard InChI is InChI=1S/C11H24OS2/c1-4-6-8-14-9-10(12)11(13-3)7-5-2/h10-12H,4-9H2,1-3H3/t10-,11+/m0/s1. The third-order valence-electron chi connectivity index (χ3n) is 2.24. The van der Waals surface area contributed by atoms with E-state index < -0.39 is 0 Å². The van der Waals surface area contributed by atoms with Gasteiger partial charge in [-0.2, -0.15) is 23.5 Å². The molecule has 1 N–H and O–H groups in total. The van der Waals surface area contributed by atoms with E-state index in [0.717, 1.165) is 12.2 Å². The van der Waals surface area contributed by atoms with Crippen molar-refractivity contribution in [1.29, 1.82) is 0 Å². The monoisotopic (exact) mass is 236 g/mol. The lowest BCUT2D eigenvalue weighted by Crippen LogP contribution is -2.25. The minimum atomic E-state index is -0.119. The Morgan fingerprint density at radius 1 is 1.21 bits per heavy atom. The van der Waals surface area contributed by atoms with Crippen molar-refractivity contribution in [2.24, 2.45) is 0 Å². The van der Waals surface area contributed by atoms with Gasteiger partial charge in [0.1, 0.15) is 0 Å². The van der Waals surface area contributed by atoms with Gasteiger partial charge in [0.05, 0.1) is 6.10 Å². The van der Waals surface area contributed by atoms with E-state index in [1.165, 1.54) is 25.0 Å². The molecule has 0 aliphatic rings. The highest BCUT2D eigenvalue weighted by Crippen LogP contribution is 2.20. The van der Waals surface area contributed by atoms with Crippen LogP contribution in [0.1, 0.15) is 39.5 Å². The zero-order valence-electron chi connectivity index (χ0n) is 9.66. The lowest BCUT2D eigenvalue weighted by Gasteiger charge is -2.20. The topological polar surface area (TPSA) is 20.2 Å². The number of hydrogen-bond acceptors (Lipinski definition) is 3. The maximum absolute atomic E-state index is 9.90. The Balaban J connectivity index is 3.52. The quantitative estimate of drug-likeness (QED) is 0.620. The maximum atomic E-state index is 9.90. The van der Waals surface area contributed by atoms with Gasteiger partial charge in [-0.15, -0.1) is 0 Å². The van der Waals surface area contributed by atoms with Gasteiger partial charge in [-0.1, -0.05) is 26.7 Å². The Hall–Kier alpha value is 0.660. The molecule has 0 aliphatic heterocycles. The van der Waals surface area contributed by atoms with Gasteiger partial charge in [0.25, 0.3) is 0 Å². The van der Waals surface area contributed by atoms with Crippen LogP contribution in [0, 0.1) is 0 Å². The largest absolute Gasteiger partial charge is 0.391 e. The molecule has 0 rings (SSSR count). The predicted molar refractivity (Wildman–Crippen MR) is 70.5 cm³/mol. The smallest absolute Gasteiger partial charge is 0.0748 e. The Morgan fingerprint density at radius 3 is 2.43 bits per heavy atom. The molecule has 0 spiro atoms. The second-order valence-electron chi connectivity index (χ2n) is 3.56. The molecule has 0 saturated heterocycles. The summed E-state index contributed by atoms with van der Waals surface area (Å²) in [6.07, 6.45) is 6.81. The predicted octanol–water partition coefficient (Wildman–Crippen LogP) is 3.41. The molecule has 3 heteroatoms. The molecule has 0 bridgehead atoms. The molecule has 0 aromatic carbocycles. The number of rotatable bonds is 9. The van der Waals surface area contributed by atoms with Crippen molar-refractivity contribution >= 4 is 23.5 Å². The summed E-state index contributed by atoms with van der Waals surface area (Å²) in [5, 5.41) is 10.3. The molecule has 0 aromatic heterocycles. The number of thioether (sulfide) groups is 2. The summed E-state index contributed by atoms with van der Waals surface area (Å²) in [5.74, 6) is 2.10. The molecule has 0 aromatic rings. The van der Waals surface area contributed by atoms with Crippen LogP contribution in [0.25, 0.3) is 0 Å². The van der Waals surface area contributed by atoms with Gasteiger partial charge in [0, 0.05) is 11.0 Å². The summed E-state index contributed by atoms with van der Waals surface area (Å²) < 4.78 is 0. The summed E-state index contributed by atoms with van der Waals surface area (Å²) in [5.41, 5.74) is 0. The fourth-order valence-corrected chi connectivity index (χ4v) is 3.45. The van der Waals surface area contributed by atoms with Crippen molar-refractivity contribution < 1.29 is 5.11 Å². The van der Waals surface area contributed by atoms with Gasteiger partial charge in [-0.3, -0.25) is 0 Å². The normalized spacial score (nSPS) is 15.4. The van der Waals surface area contributed by atoms with Crippen LogP contribution in [0.4, 0.5) is 0 Å². The molecule has 0 aliphatic carbocycles. The van der Waals surface area contributed by atoms with E-state index in [2.05, 4.69) is 20.1 Å². The minimum absolute atomic E-state index is 0.119. The van der Waals surface area contributed by atoms with Gasteiger partial charge >= 0.3 is 0 Å². The molecule has 0 heterocycles. The number of unbranched alkanes of at least 4 members (excludes halogenated alkanes) is 1. The molecule has 0 amide bonds. The maximum Gasteiger partial charge on any atom is 0.0748 e. The Kier molecular flexibility index (Phi) is 10.7. The van der Waals surface area contributed by atoms with Crippen molar-refractivity contribution in [3.8, 4) is 0 Å². The van der Waals surface area contributed by atoms with E-state index in [4.69, 9.17) is 0 Å². The number of hydrogen-bond donors (Lipinski definition) is 1. The van der Waals surface area contributed by atoms with Gasteiger partial charge in [-0.05, 0) is 24.9 Å². The van der Waals surface area contributed by atoms with Crippen molar-refractivity contribution in [1.82, 2.24) is 0 Å². The summed E-state index contributed by atoms with van der Waals surface area (Å²) in [4.78, 5) is 0. The van der Waals surface area contributed by atoms with Gasteiger partial charge in [-0.25, -0.2) is 0 Å². The number of aliphatic hydroxyl groups excluding tert-OH is 1. The van der Waals surface area contributed by atoms with Crippen LogP contribution < -0.4 is 0 Å². The van der Waals surface area contributed by atoms with Crippen LogP contribution in [-0.4, -0.2) is 34.2 Å². The van der Waals surface area contributed by atoms with E-state index in [9.17, 15) is 5.11 Å². The highest BCUT2D eigenvalue weighted by Gasteiger charge is 2.16. The fourth-order valence-electron chi connectivity index (χ4n) is 1.31. The fraction of sp³-hybridized carbons (Fsp3) is 1.00. The molecule has 0 fully saturated rings. The van der Waals surface area contributed by atoms with E-state index in [1.54, 1.807) is 11.8 Å². The molecule has 86 valence electrons. The first-order valence-corrected chi connectivity index (χ1v) is 7.99. The summed E-state index contributed by atoms with van der Waals surface area (Å²) in [6, 6.07) is 0. The lowest BCUT2D eigenvalue weighted by atomic mass is 10.2.